The normalized spacial score (nSPS) is 18.3. The largest absolute Gasteiger partial charge is 0.495 e. The molecule has 0 aromatic carbocycles. The molecular formula is C24H44Cl2FN7O2. The topological polar surface area (TPSA) is 104 Å². The van der Waals surface area contributed by atoms with Crippen LogP contribution in [0.3, 0.4) is 0 Å². The number of hydrazine groups is 1. The highest BCUT2D eigenvalue weighted by molar-refractivity contribution is 6.30. The van der Waals surface area contributed by atoms with Crippen LogP contribution in [0.25, 0.3) is 0 Å². The van der Waals surface area contributed by atoms with Crippen LogP contribution in [0, 0.1) is 0 Å². The van der Waals surface area contributed by atoms with E-state index in [4.69, 9.17) is 39.5 Å². The number of alkyl halides is 2. The van der Waals surface area contributed by atoms with Crippen molar-refractivity contribution in [3.05, 3.63) is 35.0 Å². The Kier molecular flexibility index (Phi) is 17.9. The fraction of sp³-hybridized carbons (Fsp3) is 0.667. The number of hydrazone groups is 1. The fourth-order valence-corrected chi connectivity index (χ4v) is 3.67. The zero-order valence-electron chi connectivity index (χ0n) is 22.5. The Balaban J connectivity index is 0.00000134. The average molecular weight is 553 g/mol. The number of piperazine rings is 1. The summed E-state index contributed by atoms with van der Waals surface area (Å²) in [5.74, 6) is 5.89. The number of rotatable bonds is 8. The monoisotopic (exact) mass is 551 g/mol. The van der Waals surface area contributed by atoms with Gasteiger partial charge in [0.25, 0.3) is 0 Å². The van der Waals surface area contributed by atoms with Crippen molar-refractivity contribution in [2.24, 2.45) is 16.7 Å². The van der Waals surface area contributed by atoms with E-state index >= 15 is 0 Å². The van der Waals surface area contributed by atoms with Crippen molar-refractivity contribution in [1.29, 1.82) is 0 Å². The summed E-state index contributed by atoms with van der Waals surface area (Å²) in [6, 6.07) is 0.0946. The predicted octanol–water partition coefficient (Wildman–Crippen LogP) is 3.43. The van der Waals surface area contributed by atoms with Gasteiger partial charge in [-0.2, -0.15) is 5.10 Å². The molecule has 2 aliphatic rings. The Morgan fingerprint density at radius 2 is 1.94 bits per heavy atom. The second kappa shape index (κ2) is 19.0. The predicted molar refractivity (Wildman–Crippen MR) is 148 cm³/mol. The minimum atomic E-state index is -1.09. The van der Waals surface area contributed by atoms with E-state index in [1.54, 1.807) is 35.4 Å². The number of halogens is 3. The molecule has 0 aromatic heterocycles. The first kappa shape index (κ1) is 33.8. The highest BCUT2D eigenvalue weighted by atomic mass is 35.5. The number of allylic oxidation sites excluding steroid dienone is 3. The number of ether oxygens (including phenoxy) is 1. The second-order valence-electron chi connectivity index (χ2n) is 8.07. The third-order valence-electron chi connectivity index (χ3n) is 5.22. The molecule has 4 N–H and O–H groups in total. The van der Waals surface area contributed by atoms with Crippen molar-refractivity contribution in [2.45, 2.75) is 52.8 Å². The summed E-state index contributed by atoms with van der Waals surface area (Å²) in [5, 5.41) is 7.88. The first-order valence-electron chi connectivity index (χ1n) is 12.2. The summed E-state index contributed by atoms with van der Waals surface area (Å²) in [6.45, 7) is 10.4. The zero-order valence-corrected chi connectivity index (χ0v) is 24.0. The molecule has 1 atom stereocenters. The van der Waals surface area contributed by atoms with Crippen LogP contribution in [-0.2, 0) is 9.53 Å². The molecule has 9 nitrogen and oxygen atoms in total. The van der Waals surface area contributed by atoms with Gasteiger partial charge in [-0.3, -0.25) is 9.80 Å². The van der Waals surface area contributed by atoms with E-state index in [1.165, 1.54) is 18.3 Å². The molecule has 0 spiro atoms. The molecule has 1 amide bonds. The Morgan fingerprint density at radius 3 is 2.39 bits per heavy atom. The smallest absolute Gasteiger partial charge is 0.243 e. The fourth-order valence-electron chi connectivity index (χ4n) is 3.37. The zero-order chi connectivity index (χ0) is 27.7. The van der Waals surface area contributed by atoms with Gasteiger partial charge in [-0.1, -0.05) is 25.4 Å². The van der Waals surface area contributed by atoms with E-state index in [-0.39, 0.29) is 18.5 Å². The van der Waals surface area contributed by atoms with Crippen LogP contribution in [0.15, 0.2) is 40.1 Å². The van der Waals surface area contributed by atoms with E-state index < -0.39 is 6.17 Å². The summed E-state index contributed by atoms with van der Waals surface area (Å²) in [5.41, 5.74) is 5.51. The van der Waals surface area contributed by atoms with Gasteiger partial charge in [0.05, 0.1) is 23.7 Å². The summed E-state index contributed by atoms with van der Waals surface area (Å²) < 4.78 is 19.9. The summed E-state index contributed by atoms with van der Waals surface area (Å²) in [4.78, 5) is 16.4. The number of carbonyl (C=O) groups is 1. The summed E-state index contributed by atoms with van der Waals surface area (Å²) >= 11 is 11.8. The highest BCUT2D eigenvalue weighted by Crippen LogP contribution is 2.30. The van der Waals surface area contributed by atoms with Crippen molar-refractivity contribution in [3.63, 3.8) is 0 Å². The first-order chi connectivity index (χ1) is 17.1. The summed E-state index contributed by atoms with van der Waals surface area (Å²) in [7, 11) is 3.23. The Bertz CT molecular complexity index is 753. The maximum Gasteiger partial charge on any atom is 0.243 e. The number of amides is 1. The third kappa shape index (κ3) is 12.2. The minimum absolute atomic E-state index is 0.00670. The number of carbonyl (C=O) groups excluding carboxylic acids is 1. The molecule has 1 heterocycles. The number of hydrogen-bond acceptors (Lipinski definition) is 8. The molecule has 0 bridgehead atoms. The third-order valence-corrected chi connectivity index (χ3v) is 5.73. The Labute approximate surface area is 226 Å². The number of nitrogens with two attached hydrogens (primary N) is 2. The standard InChI is InChI=1S/C19H29Cl2FN4O2.C3H9N3.C2H6/c1-14(2)26(23-7-6-20)13-19(27)25-10-8-24(9-11-25)17-12-18(28-3)15(21)4-5-16(17)22;1-6(5)3-2-4;1-2/h7,12,14,16H,4-6,8-11,13H2,1-3H3;2-3H,4-5H2,1H3;1-2H3/b23-7-;3-2-;. The van der Waals surface area contributed by atoms with Gasteiger partial charge in [-0.15, -0.1) is 11.6 Å². The Morgan fingerprint density at radius 1 is 1.33 bits per heavy atom. The molecule has 1 aliphatic heterocycles. The SMILES string of the molecule is CC.CN(N)/C=C\N.COC1=C(Cl)CCC(F)C(N2CCN(C(=O)CN(/N=C\CCl)C(C)C)CC2)=C1. The summed E-state index contributed by atoms with van der Waals surface area (Å²) in [6.07, 6.45) is 5.90. The maximum atomic E-state index is 14.6. The molecule has 0 aromatic rings. The van der Waals surface area contributed by atoms with Crippen LogP contribution < -0.4 is 11.6 Å². The molecule has 1 aliphatic carbocycles. The maximum absolute atomic E-state index is 14.6. The van der Waals surface area contributed by atoms with Crippen molar-refractivity contribution in [1.82, 2.24) is 19.8 Å². The number of nitrogens with zero attached hydrogens (tertiary/aromatic N) is 5. The van der Waals surface area contributed by atoms with Gasteiger partial charge in [-0.25, -0.2) is 10.2 Å². The molecular weight excluding hydrogens is 508 g/mol. The van der Waals surface area contributed by atoms with Crippen molar-refractivity contribution >= 4 is 35.3 Å². The van der Waals surface area contributed by atoms with Crippen LogP contribution in [0.4, 0.5) is 4.39 Å². The minimum Gasteiger partial charge on any atom is -0.495 e. The van der Waals surface area contributed by atoms with Gasteiger partial charge in [0, 0.05) is 64.0 Å². The highest BCUT2D eigenvalue weighted by Gasteiger charge is 2.29. The lowest BCUT2D eigenvalue weighted by molar-refractivity contribution is -0.134. The van der Waals surface area contributed by atoms with Gasteiger partial charge >= 0.3 is 0 Å². The van der Waals surface area contributed by atoms with E-state index in [0.717, 1.165) is 0 Å². The van der Waals surface area contributed by atoms with Crippen LogP contribution in [0.1, 0.15) is 40.5 Å². The lowest BCUT2D eigenvalue weighted by atomic mass is 10.1. The van der Waals surface area contributed by atoms with Crippen molar-refractivity contribution in [2.75, 3.05) is 52.8 Å². The van der Waals surface area contributed by atoms with Gasteiger partial charge < -0.3 is 25.3 Å². The molecule has 1 unspecified atom stereocenters. The van der Waals surface area contributed by atoms with Crippen LogP contribution in [0.5, 0.6) is 0 Å². The van der Waals surface area contributed by atoms with E-state index in [1.807, 2.05) is 32.6 Å². The second-order valence-corrected chi connectivity index (χ2v) is 8.83. The number of methoxy groups -OCH3 is 1. The molecule has 0 radical (unpaired) electrons. The van der Waals surface area contributed by atoms with Crippen molar-refractivity contribution in [3.8, 4) is 0 Å². The van der Waals surface area contributed by atoms with E-state index in [9.17, 15) is 9.18 Å². The quantitative estimate of drug-likeness (QED) is 0.206. The lowest BCUT2D eigenvalue weighted by Crippen LogP contribution is -2.51. The van der Waals surface area contributed by atoms with Crippen LogP contribution >= 0.6 is 23.2 Å². The van der Waals surface area contributed by atoms with Crippen LogP contribution in [-0.4, -0.2) is 96.9 Å². The molecule has 12 heteroatoms. The molecule has 1 fully saturated rings. The van der Waals surface area contributed by atoms with Crippen LogP contribution in [0.2, 0.25) is 0 Å². The lowest BCUT2D eigenvalue weighted by Gasteiger charge is -2.38. The van der Waals surface area contributed by atoms with Gasteiger partial charge in [0.15, 0.2) is 0 Å². The molecule has 208 valence electrons. The average Bonchev–Trinajstić information content (AvgIpc) is 3.01. The van der Waals surface area contributed by atoms with Gasteiger partial charge in [0.1, 0.15) is 18.5 Å². The first-order valence-corrected chi connectivity index (χ1v) is 13.1. The Hall–Kier alpha value is -2.17. The molecule has 0 saturated carbocycles. The van der Waals surface area contributed by atoms with E-state index in [0.29, 0.717) is 61.4 Å². The number of hydrogen-bond donors (Lipinski definition) is 2. The van der Waals surface area contributed by atoms with Gasteiger partial charge in [-0.05, 0) is 26.7 Å². The van der Waals surface area contributed by atoms with Crippen molar-refractivity contribution < 1.29 is 13.9 Å². The van der Waals surface area contributed by atoms with Gasteiger partial charge in [0.2, 0.25) is 5.91 Å². The molecule has 2 rings (SSSR count). The molecule has 36 heavy (non-hydrogen) atoms. The van der Waals surface area contributed by atoms with E-state index in [2.05, 4.69) is 5.10 Å². The molecule has 1 saturated heterocycles.